The van der Waals surface area contributed by atoms with Crippen LogP contribution in [0.25, 0.3) is 66.2 Å². The maximum Gasteiger partial charge on any atom is 0.178 e. The van der Waals surface area contributed by atoms with Gasteiger partial charge in [-0.25, -0.2) is 0 Å². The summed E-state index contributed by atoms with van der Waals surface area (Å²) in [5.41, 5.74) is 7.95. The third-order valence-electron chi connectivity index (χ3n) is 7.21. The van der Waals surface area contributed by atoms with Crippen molar-refractivity contribution in [1.82, 2.24) is 0 Å². The zero-order chi connectivity index (χ0) is 25.5. The van der Waals surface area contributed by atoms with Crippen molar-refractivity contribution >= 4 is 37.5 Å². The highest BCUT2D eigenvalue weighted by Crippen LogP contribution is 2.51. The van der Waals surface area contributed by atoms with Gasteiger partial charge in [0.05, 0.1) is 0 Å². The van der Waals surface area contributed by atoms with E-state index < -0.39 is 0 Å². The molecule has 0 saturated carbocycles. The van der Waals surface area contributed by atoms with Crippen LogP contribution in [0.1, 0.15) is 0 Å². The summed E-state index contributed by atoms with van der Waals surface area (Å²) < 4.78 is 7.45. The molecule has 0 N–H and O–H groups in total. The highest BCUT2D eigenvalue weighted by atomic mass is 79.9. The van der Waals surface area contributed by atoms with Crippen molar-refractivity contribution in [2.45, 2.75) is 0 Å². The van der Waals surface area contributed by atoms with Gasteiger partial charge >= 0.3 is 0 Å². The van der Waals surface area contributed by atoms with Crippen LogP contribution in [0, 0.1) is 0 Å². The molecule has 0 unspecified atom stereocenters. The van der Waals surface area contributed by atoms with Crippen LogP contribution in [-0.4, -0.2) is 0 Å². The fourth-order valence-corrected chi connectivity index (χ4v) is 6.20. The second kappa shape index (κ2) is 9.48. The summed E-state index contributed by atoms with van der Waals surface area (Å²) in [5, 5.41) is 4.76. The Morgan fingerprint density at radius 3 is 1.13 bits per heavy atom. The zero-order valence-electron chi connectivity index (χ0n) is 20.6. The van der Waals surface area contributed by atoms with Crippen LogP contribution in [0.3, 0.4) is 0 Å². The Bertz CT molecular complexity index is 1850. The van der Waals surface area contributed by atoms with Gasteiger partial charge in [-0.15, -0.1) is 0 Å². The van der Waals surface area contributed by atoms with Gasteiger partial charge in [-0.2, -0.15) is 0 Å². The lowest BCUT2D eigenvalue weighted by Crippen LogP contribution is -1.91. The first-order valence-electron chi connectivity index (χ1n) is 12.7. The van der Waals surface area contributed by atoms with Crippen molar-refractivity contribution < 1.29 is 4.42 Å². The molecule has 0 aliphatic heterocycles. The Labute approximate surface area is 230 Å². The number of rotatable bonds is 4. The predicted molar refractivity (Wildman–Crippen MR) is 163 cm³/mol. The Balaban J connectivity index is 1.66. The lowest BCUT2D eigenvalue weighted by atomic mass is 9.85. The topological polar surface area (TPSA) is 13.1 Å². The van der Waals surface area contributed by atoms with E-state index in [2.05, 4.69) is 149 Å². The maximum atomic E-state index is 6.72. The number of hydrogen-bond donors (Lipinski definition) is 0. The zero-order valence-corrected chi connectivity index (χ0v) is 22.2. The summed E-state index contributed by atoms with van der Waals surface area (Å²) in [7, 11) is 0. The van der Waals surface area contributed by atoms with Gasteiger partial charge in [0.1, 0.15) is 5.76 Å². The molecule has 6 aromatic carbocycles. The van der Waals surface area contributed by atoms with E-state index in [-0.39, 0.29) is 0 Å². The Hall–Kier alpha value is -4.40. The van der Waals surface area contributed by atoms with E-state index in [1.165, 1.54) is 32.7 Å². The first kappa shape index (κ1) is 22.8. The minimum absolute atomic E-state index is 0.734. The molecule has 0 aliphatic carbocycles. The smallest absolute Gasteiger partial charge is 0.178 e. The van der Waals surface area contributed by atoms with Crippen LogP contribution in [0.4, 0.5) is 0 Å². The van der Waals surface area contributed by atoms with E-state index in [9.17, 15) is 0 Å². The van der Waals surface area contributed by atoms with E-state index in [0.29, 0.717) is 0 Å². The van der Waals surface area contributed by atoms with Crippen molar-refractivity contribution in [3.05, 3.63) is 144 Å². The fraction of sp³-hybridized carbons (Fsp3) is 0. The fourth-order valence-electron chi connectivity index (χ4n) is 5.61. The average Bonchev–Trinajstić information content (AvgIpc) is 3.33. The molecular formula is C36H23BrO. The molecule has 1 nitrogen and oxygen atoms in total. The van der Waals surface area contributed by atoms with Crippen molar-refractivity contribution in [3.63, 3.8) is 0 Å². The average molecular weight is 551 g/mol. The van der Waals surface area contributed by atoms with Gasteiger partial charge in [-0.3, -0.25) is 0 Å². The minimum atomic E-state index is 0.734. The largest absolute Gasteiger partial charge is 0.448 e. The van der Waals surface area contributed by atoms with Gasteiger partial charge in [0.2, 0.25) is 0 Å². The first-order valence-corrected chi connectivity index (χ1v) is 13.5. The van der Waals surface area contributed by atoms with Crippen molar-refractivity contribution in [1.29, 1.82) is 0 Å². The second-order valence-electron chi connectivity index (χ2n) is 9.39. The molecule has 0 aliphatic rings. The number of fused-ring (bicyclic) bond motifs is 2. The lowest BCUT2D eigenvalue weighted by molar-refractivity contribution is 0.558. The number of benzene rings is 6. The molecule has 0 saturated heterocycles. The van der Waals surface area contributed by atoms with Gasteiger partial charge < -0.3 is 4.42 Å². The summed E-state index contributed by atoms with van der Waals surface area (Å²) in [5.74, 6) is 0.869. The summed E-state index contributed by atoms with van der Waals surface area (Å²) in [4.78, 5) is 0. The minimum Gasteiger partial charge on any atom is -0.448 e. The highest BCUT2D eigenvalue weighted by Gasteiger charge is 2.26. The molecule has 180 valence electrons. The van der Waals surface area contributed by atoms with Crippen LogP contribution in [-0.2, 0) is 0 Å². The van der Waals surface area contributed by atoms with Crippen LogP contribution >= 0.6 is 15.9 Å². The standard InChI is InChI=1S/C36H23BrO/c37-36-33(26-18-8-3-9-19-26)32(25-16-6-2-7-17-25)35(38-36)34-29-22-12-10-20-27(29)31(24-14-4-1-5-15-24)28-21-11-13-23-30(28)34/h1-23H. The van der Waals surface area contributed by atoms with Gasteiger partial charge in [-0.1, -0.05) is 140 Å². The molecule has 0 amide bonds. The second-order valence-corrected chi connectivity index (χ2v) is 10.1. The molecular weight excluding hydrogens is 528 g/mol. The first-order chi connectivity index (χ1) is 18.8. The molecule has 7 aromatic rings. The third-order valence-corrected chi connectivity index (χ3v) is 7.77. The van der Waals surface area contributed by atoms with Crippen molar-refractivity contribution in [2.24, 2.45) is 0 Å². The maximum absolute atomic E-state index is 6.72. The number of halogens is 1. The van der Waals surface area contributed by atoms with E-state index in [0.717, 1.165) is 38.2 Å². The van der Waals surface area contributed by atoms with E-state index in [4.69, 9.17) is 4.42 Å². The van der Waals surface area contributed by atoms with Gasteiger partial charge in [0.15, 0.2) is 4.67 Å². The van der Waals surface area contributed by atoms with E-state index in [1.54, 1.807) is 0 Å². The summed E-state index contributed by atoms with van der Waals surface area (Å²) in [6.07, 6.45) is 0. The molecule has 0 fully saturated rings. The van der Waals surface area contributed by atoms with Crippen molar-refractivity contribution in [3.8, 4) is 44.7 Å². The molecule has 0 bridgehead atoms. The molecule has 0 spiro atoms. The summed E-state index contributed by atoms with van der Waals surface area (Å²) >= 11 is 3.81. The van der Waals surface area contributed by atoms with Crippen molar-refractivity contribution in [2.75, 3.05) is 0 Å². The highest BCUT2D eigenvalue weighted by molar-refractivity contribution is 9.10. The molecule has 1 aromatic heterocycles. The Morgan fingerprint density at radius 1 is 0.342 bits per heavy atom. The van der Waals surface area contributed by atoms with Crippen LogP contribution in [0.5, 0.6) is 0 Å². The molecule has 1 heterocycles. The summed E-state index contributed by atoms with van der Waals surface area (Å²) in [6, 6.07) is 49.1. The Kier molecular flexibility index (Phi) is 5.68. The molecule has 7 rings (SSSR count). The van der Waals surface area contributed by atoms with Gasteiger partial charge in [-0.05, 0) is 59.7 Å². The van der Waals surface area contributed by atoms with Gasteiger partial charge in [0, 0.05) is 16.7 Å². The summed E-state index contributed by atoms with van der Waals surface area (Å²) in [6.45, 7) is 0. The number of hydrogen-bond acceptors (Lipinski definition) is 1. The number of furan rings is 1. The SMILES string of the molecule is Brc1oc(-c2c3ccccc3c(-c3ccccc3)c3ccccc23)c(-c2ccccc2)c1-c1ccccc1. The molecule has 0 radical (unpaired) electrons. The monoisotopic (exact) mass is 550 g/mol. The quantitative estimate of drug-likeness (QED) is 0.198. The van der Waals surface area contributed by atoms with Gasteiger partial charge in [0.25, 0.3) is 0 Å². The molecule has 0 atom stereocenters. The van der Waals surface area contributed by atoms with Crippen LogP contribution in [0.15, 0.2) is 149 Å². The third kappa shape index (κ3) is 3.69. The normalized spacial score (nSPS) is 11.3. The predicted octanol–water partition coefficient (Wildman–Crippen LogP) is 11.0. The van der Waals surface area contributed by atoms with Crippen LogP contribution < -0.4 is 0 Å². The molecule has 38 heavy (non-hydrogen) atoms. The molecule has 2 heteroatoms. The van der Waals surface area contributed by atoms with E-state index >= 15 is 0 Å². The van der Waals surface area contributed by atoms with Crippen LogP contribution in [0.2, 0.25) is 0 Å². The Morgan fingerprint density at radius 2 is 0.684 bits per heavy atom. The van der Waals surface area contributed by atoms with E-state index in [1.807, 2.05) is 6.07 Å². The lowest BCUT2D eigenvalue weighted by Gasteiger charge is -2.17.